The third-order valence-electron chi connectivity index (χ3n) is 3.59. The second-order valence-corrected chi connectivity index (χ2v) is 6.76. The molecule has 0 amide bonds. The highest BCUT2D eigenvalue weighted by Crippen LogP contribution is 2.16. The van der Waals surface area contributed by atoms with Gasteiger partial charge in [0.25, 0.3) is 0 Å². The number of nitrogens with zero attached hydrogens (tertiary/aromatic N) is 5. The highest BCUT2D eigenvalue weighted by atomic mass is 32.1. The van der Waals surface area contributed by atoms with Crippen molar-refractivity contribution in [1.82, 2.24) is 24.1 Å². The normalized spacial score (nSPS) is 11.4. The van der Waals surface area contributed by atoms with Gasteiger partial charge in [-0.2, -0.15) is 10.2 Å². The van der Waals surface area contributed by atoms with Crippen LogP contribution in [0.15, 0.2) is 47.6 Å². The monoisotopic (exact) mass is 372 g/mol. The summed E-state index contributed by atoms with van der Waals surface area (Å²) in [5.74, 6) is 6.13. The van der Waals surface area contributed by atoms with E-state index in [-0.39, 0.29) is 18.8 Å². The molecule has 134 valence electrons. The zero-order valence-electron chi connectivity index (χ0n) is 14.1. The van der Waals surface area contributed by atoms with Gasteiger partial charge in [-0.25, -0.2) is 13.9 Å². The van der Waals surface area contributed by atoms with Crippen molar-refractivity contribution in [2.75, 3.05) is 6.54 Å². The first kappa shape index (κ1) is 17.8. The van der Waals surface area contributed by atoms with Gasteiger partial charge in [-0.3, -0.25) is 9.25 Å². The number of aryl methyl sites for hydroxylation is 1. The summed E-state index contributed by atoms with van der Waals surface area (Å²) in [6, 6.07) is 3.84. The first-order valence-corrected chi connectivity index (χ1v) is 8.60. The Balaban J connectivity index is 1.71. The predicted molar refractivity (Wildman–Crippen MR) is 97.3 cm³/mol. The molecule has 9 heteroatoms. The number of thiophene rings is 1. The van der Waals surface area contributed by atoms with Crippen LogP contribution in [0.3, 0.4) is 0 Å². The fourth-order valence-corrected chi connectivity index (χ4v) is 3.10. The van der Waals surface area contributed by atoms with E-state index in [9.17, 15) is 9.18 Å². The number of aromatic nitrogens is 5. The number of rotatable bonds is 5. The predicted octanol–water partition coefficient (Wildman–Crippen LogP) is 1.10. The lowest BCUT2D eigenvalue weighted by Crippen LogP contribution is -2.26. The van der Waals surface area contributed by atoms with Gasteiger partial charge < -0.3 is 5.73 Å². The highest BCUT2D eigenvalue weighted by molar-refractivity contribution is 7.12. The van der Waals surface area contributed by atoms with Gasteiger partial charge in [0.1, 0.15) is 6.33 Å². The smallest absolute Gasteiger partial charge is 0.327 e. The lowest BCUT2D eigenvalue weighted by atomic mass is 10.3. The Kier molecular flexibility index (Phi) is 5.46. The van der Waals surface area contributed by atoms with Gasteiger partial charge in [-0.1, -0.05) is 11.8 Å². The van der Waals surface area contributed by atoms with Crippen LogP contribution < -0.4 is 11.4 Å². The summed E-state index contributed by atoms with van der Waals surface area (Å²) in [6.07, 6.45) is 5.40. The van der Waals surface area contributed by atoms with Crippen molar-refractivity contribution < 1.29 is 4.39 Å². The topological polar surface area (TPSA) is 83.7 Å². The average molecular weight is 372 g/mol. The Hall–Kier alpha value is -2.96. The van der Waals surface area contributed by atoms with Crippen LogP contribution in [0.1, 0.15) is 15.3 Å². The molecule has 0 atom stereocenters. The van der Waals surface area contributed by atoms with Gasteiger partial charge in [0.05, 0.1) is 36.1 Å². The van der Waals surface area contributed by atoms with E-state index in [1.54, 1.807) is 10.9 Å². The molecular weight excluding hydrogens is 355 g/mol. The van der Waals surface area contributed by atoms with Crippen molar-refractivity contribution in [2.45, 2.75) is 13.1 Å². The molecule has 0 unspecified atom stereocenters. The molecule has 0 aromatic carbocycles. The highest BCUT2D eigenvalue weighted by Gasteiger charge is 2.08. The molecule has 0 aliphatic heterocycles. The number of nitrogens with two attached hydrogens (primary N) is 1. The van der Waals surface area contributed by atoms with Crippen LogP contribution in [0.25, 0.3) is 0 Å². The van der Waals surface area contributed by atoms with E-state index < -0.39 is 0 Å². The Morgan fingerprint density at radius 1 is 1.38 bits per heavy atom. The molecule has 0 aliphatic carbocycles. The van der Waals surface area contributed by atoms with E-state index in [0.29, 0.717) is 18.4 Å². The maximum atomic E-state index is 12.6. The maximum Gasteiger partial charge on any atom is 0.346 e. The minimum absolute atomic E-state index is 0.0414. The minimum atomic E-state index is -0.311. The van der Waals surface area contributed by atoms with Crippen molar-refractivity contribution in [3.63, 3.8) is 0 Å². The van der Waals surface area contributed by atoms with Crippen molar-refractivity contribution in [3.8, 4) is 11.8 Å². The van der Waals surface area contributed by atoms with Gasteiger partial charge in [0.2, 0.25) is 0 Å². The second kappa shape index (κ2) is 7.95. The van der Waals surface area contributed by atoms with Crippen molar-refractivity contribution in [3.05, 3.63) is 68.6 Å². The Morgan fingerprint density at radius 3 is 2.92 bits per heavy atom. The molecular formula is C17H17FN6OS. The Labute approximate surface area is 153 Å². The molecule has 0 bridgehead atoms. The third-order valence-corrected chi connectivity index (χ3v) is 4.57. The molecule has 3 aromatic heterocycles. The average Bonchev–Trinajstić information content (AvgIpc) is 3.34. The summed E-state index contributed by atoms with van der Waals surface area (Å²) >= 11 is 1.51. The van der Waals surface area contributed by atoms with E-state index in [1.807, 2.05) is 25.4 Å². The third kappa shape index (κ3) is 4.17. The van der Waals surface area contributed by atoms with Gasteiger partial charge >= 0.3 is 5.69 Å². The van der Waals surface area contributed by atoms with Crippen molar-refractivity contribution in [2.24, 2.45) is 12.8 Å². The number of hydrogen-bond acceptors (Lipinski definition) is 5. The number of halogens is 1. The van der Waals surface area contributed by atoms with Crippen LogP contribution in [0.4, 0.5) is 4.39 Å². The largest absolute Gasteiger partial charge is 0.346 e. The lowest BCUT2D eigenvalue weighted by molar-refractivity contribution is 0.604. The molecule has 0 saturated heterocycles. The van der Waals surface area contributed by atoms with Crippen LogP contribution in [-0.2, 0) is 20.1 Å². The van der Waals surface area contributed by atoms with Gasteiger partial charge in [0.15, 0.2) is 0 Å². The van der Waals surface area contributed by atoms with Crippen LogP contribution in [-0.4, -0.2) is 30.7 Å². The van der Waals surface area contributed by atoms with E-state index in [2.05, 4.69) is 22.0 Å². The quantitative estimate of drug-likeness (QED) is 0.680. The first-order valence-electron chi connectivity index (χ1n) is 7.79. The molecule has 7 nitrogen and oxygen atoms in total. The molecule has 3 heterocycles. The lowest BCUT2D eigenvalue weighted by Gasteiger charge is -2.01. The van der Waals surface area contributed by atoms with E-state index in [0.717, 1.165) is 15.3 Å². The summed E-state index contributed by atoms with van der Waals surface area (Å²) in [6.45, 7) is 0.472. The Bertz CT molecular complexity index is 1050. The van der Waals surface area contributed by atoms with Crippen LogP contribution in [0.2, 0.25) is 0 Å². The zero-order chi connectivity index (χ0) is 18.5. The summed E-state index contributed by atoms with van der Waals surface area (Å²) in [5.41, 5.74) is 6.25. The van der Waals surface area contributed by atoms with Gasteiger partial charge in [-0.15, -0.1) is 11.3 Å². The Morgan fingerprint density at radius 2 is 2.23 bits per heavy atom. The minimum Gasteiger partial charge on any atom is -0.327 e. The van der Waals surface area contributed by atoms with E-state index >= 15 is 0 Å². The standard InChI is InChI=1S/C17H17FN6OS/c1-22-9-13(8-20-22)2-3-15-4-5-16(26-15)11-23-12-21-24(17(23)25)10-14(6-18)7-19/h4-6,8-9,12H,7,10-11,19H2,1H3/b14-6+. The SMILES string of the molecule is Cn1cc(C#Cc2ccc(Cn3cnn(C/C(=C/F)CN)c3=O)s2)cn1. The summed E-state index contributed by atoms with van der Waals surface area (Å²) in [4.78, 5) is 14.2. The summed E-state index contributed by atoms with van der Waals surface area (Å²) < 4.78 is 17.0. The fraction of sp³-hybridized carbons (Fsp3) is 0.235. The van der Waals surface area contributed by atoms with Crippen LogP contribution in [0.5, 0.6) is 0 Å². The van der Waals surface area contributed by atoms with Crippen LogP contribution >= 0.6 is 11.3 Å². The molecule has 3 rings (SSSR count). The number of hydrogen-bond donors (Lipinski definition) is 1. The van der Waals surface area contributed by atoms with Gasteiger partial charge in [-0.05, 0) is 17.7 Å². The fourth-order valence-electron chi connectivity index (χ4n) is 2.24. The molecule has 26 heavy (non-hydrogen) atoms. The molecule has 0 spiro atoms. The molecule has 0 radical (unpaired) electrons. The van der Waals surface area contributed by atoms with Crippen molar-refractivity contribution in [1.29, 1.82) is 0 Å². The molecule has 0 saturated carbocycles. The van der Waals surface area contributed by atoms with E-state index in [1.165, 1.54) is 26.9 Å². The van der Waals surface area contributed by atoms with E-state index in [4.69, 9.17) is 5.73 Å². The molecule has 0 aliphatic rings. The zero-order valence-corrected chi connectivity index (χ0v) is 14.9. The molecule has 0 fully saturated rings. The second-order valence-electron chi connectivity index (χ2n) is 5.59. The molecule has 2 N–H and O–H groups in total. The summed E-state index contributed by atoms with van der Waals surface area (Å²) in [5, 5.41) is 8.07. The molecule has 3 aromatic rings. The van der Waals surface area contributed by atoms with Gasteiger partial charge in [0, 0.05) is 24.7 Å². The summed E-state index contributed by atoms with van der Waals surface area (Å²) in [7, 11) is 1.84. The first-order chi connectivity index (χ1) is 12.6. The maximum absolute atomic E-state index is 12.6. The van der Waals surface area contributed by atoms with Crippen LogP contribution in [0, 0.1) is 11.8 Å². The van der Waals surface area contributed by atoms with Crippen molar-refractivity contribution >= 4 is 11.3 Å².